The third kappa shape index (κ3) is 4.07. The van der Waals surface area contributed by atoms with Crippen molar-refractivity contribution < 1.29 is 4.79 Å². The van der Waals surface area contributed by atoms with Crippen molar-refractivity contribution in [3.8, 4) is 0 Å². The highest BCUT2D eigenvalue weighted by molar-refractivity contribution is 7.17. The number of amides is 1. The third-order valence-electron chi connectivity index (χ3n) is 3.68. The number of hydrogen-bond donors (Lipinski definition) is 2. The van der Waals surface area contributed by atoms with Crippen LogP contribution >= 0.6 is 11.3 Å². The second kappa shape index (κ2) is 6.92. The normalized spacial score (nSPS) is 13.9. The van der Waals surface area contributed by atoms with E-state index < -0.39 is 0 Å². The summed E-state index contributed by atoms with van der Waals surface area (Å²) in [4.78, 5) is 17.4. The highest BCUT2D eigenvalue weighted by Crippen LogP contribution is 2.29. The average Bonchev–Trinajstić information content (AvgIpc) is 3.26. The van der Waals surface area contributed by atoms with Crippen LogP contribution in [0.1, 0.15) is 40.2 Å². The zero-order valence-electron chi connectivity index (χ0n) is 12.8. The minimum atomic E-state index is -0.00749. The Morgan fingerprint density at radius 3 is 2.82 bits per heavy atom. The molecule has 1 fully saturated rings. The molecule has 0 unspecified atom stereocenters. The molecule has 0 aliphatic heterocycles. The van der Waals surface area contributed by atoms with E-state index in [0.717, 1.165) is 28.5 Å². The Bertz CT molecular complexity index is 635. The number of hydrogen-bond acceptors (Lipinski definition) is 4. The molecule has 4 nitrogen and oxygen atoms in total. The second-order valence-corrected chi connectivity index (χ2v) is 6.70. The number of benzene rings is 1. The van der Waals surface area contributed by atoms with E-state index in [4.69, 9.17) is 0 Å². The van der Waals surface area contributed by atoms with Crippen molar-refractivity contribution in [1.82, 2.24) is 10.3 Å². The number of aromatic nitrogens is 1. The number of nitrogens with zero attached hydrogens (tertiary/aromatic N) is 1. The Labute approximate surface area is 135 Å². The lowest BCUT2D eigenvalue weighted by atomic mass is 10.1. The molecule has 0 bridgehead atoms. The van der Waals surface area contributed by atoms with E-state index in [9.17, 15) is 4.79 Å². The van der Waals surface area contributed by atoms with Crippen LogP contribution in [0.3, 0.4) is 0 Å². The molecule has 22 heavy (non-hydrogen) atoms. The topological polar surface area (TPSA) is 54.0 Å². The number of anilines is 1. The first-order valence-electron chi connectivity index (χ1n) is 7.78. The lowest BCUT2D eigenvalue weighted by Crippen LogP contribution is -2.24. The summed E-state index contributed by atoms with van der Waals surface area (Å²) in [5, 5.41) is 7.21. The van der Waals surface area contributed by atoms with Crippen molar-refractivity contribution in [2.75, 3.05) is 11.9 Å². The molecule has 1 saturated carbocycles. The molecule has 1 amide bonds. The zero-order chi connectivity index (χ0) is 15.4. The molecule has 1 aliphatic rings. The molecule has 1 aromatic carbocycles. The number of rotatable bonds is 7. The van der Waals surface area contributed by atoms with Gasteiger partial charge in [-0.3, -0.25) is 4.79 Å². The molecular formula is C17H21N3OS. The van der Waals surface area contributed by atoms with Crippen LogP contribution < -0.4 is 10.6 Å². The number of carbonyl (C=O) groups is 1. The van der Waals surface area contributed by atoms with Gasteiger partial charge >= 0.3 is 0 Å². The lowest BCUT2D eigenvalue weighted by molar-refractivity contribution is 0.0956. The van der Waals surface area contributed by atoms with E-state index in [1.165, 1.54) is 29.7 Å². The SMILES string of the molecule is Cc1nc(NC2CC2)sc1C(=O)NCCCc1ccccc1. The van der Waals surface area contributed by atoms with Crippen molar-refractivity contribution in [3.63, 3.8) is 0 Å². The number of thiazole rings is 1. The van der Waals surface area contributed by atoms with Crippen LogP contribution in [0.25, 0.3) is 0 Å². The van der Waals surface area contributed by atoms with E-state index >= 15 is 0 Å². The monoisotopic (exact) mass is 315 g/mol. The van der Waals surface area contributed by atoms with Gasteiger partial charge in [0.2, 0.25) is 0 Å². The van der Waals surface area contributed by atoms with Gasteiger partial charge in [-0.05, 0) is 38.2 Å². The van der Waals surface area contributed by atoms with Crippen molar-refractivity contribution in [3.05, 3.63) is 46.5 Å². The molecule has 5 heteroatoms. The fourth-order valence-corrected chi connectivity index (χ4v) is 3.25. The van der Waals surface area contributed by atoms with Gasteiger partial charge in [-0.15, -0.1) is 0 Å². The molecule has 1 aromatic heterocycles. The predicted molar refractivity (Wildman–Crippen MR) is 90.6 cm³/mol. The van der Waals surface area contributed by atoms with Gasteiger partial charge < -0.3 is 10.6 Å². The summed E-state index contributed by atoms with van der Waals surface area (Å²) in [6, 6.07) is 10.9. The lowest BCUT2D eigenvalue weighted by Gasteiger charge is -2.04. The summed E-state index contributed by atoms with van der Waals surface area (Å²) < 4.78 is 0. The smallest absolute Gasteiger partial charge is 0.263 e. The zero-order valence-corrected chi connectivity index (χ0v) is 13.6. The van der Waals surface area contributed by atoms with E-state index in [1.807, 2.05) is 25.1 Å². The predicted octanol–water partition coefficient (Wildman–Crippen LogP) is 3.39. The Balaban J connectivity index is 1.46. The quantitative estimate of drug-likeness (QED) is 0.770. The van der Waals surface area contributed by atoms with Crippen LogP contribution in [0, 0.1) is 6.92 Å². The van der Waals surface area contributed by atoms with E-state index in [-0.39, 0.29) is 5.91 Å². The van der Waals surface area contributed by atoms with Crippen molar-refractivity contribution in [2.24, 2.45) is 0 Å². The van der Waals surface area contributed by atoms with Crippen molar-refractivity contribution in [2.45, 2.75) is 38.6 Å². The maximum Gasteiger partial charge on any atom is 0.263 e. The summed E-state index contributed by atoms with van der Waals surface area (Å²) in [6.45, 7) is 2.59. The maximum atomic E-state index is 12.2. The van der Waals surface area contributed by atoms with Crippen LogP contribution in [0.5, 0.6) is 0 Å². The molecule has 3 rings (SSSR count). The highest BCUT2D eigenvalue weighted by atomic mass is 32.1. The van der Waals surface area contributed by atoms with Gasteiger partial charge in [0.25, 0.3) is 5.91 Å². The van der Waals surface area contributed by atoms with E-state index in [2.05, 4.69) is 27.8 Å². The molecule has 1 aliphatic carbocycles. The van der Waals surface area contributed by atoms with Crippen molar-refractivity contribution in [1.29, 1.82) is 0 Å². The van der Waals surface area contributed by atoms with Crippen LogP contribution in [0.15, 0.2) is 30.3 Å². The Morgan fingerprint density at radius 2 is 2.09 bits per heavy atom. The first kappa shape index (κ1) is 15.0. The number of aryl methyl sites for hydroxylation is 2. The maximum absolute atomic E-state index is 12.2. The highest BCUT2D eigenvalue weighted by Gasteiger charge is 2.23. The minimum absolute atomic E-state index is 0.00749. The summed E-state index contributed by atoms with van der Waals surface area (Å²) in [5.74, 6) is -0.00749. The first-order chi connectivity index (χ1) is 10.7. The van der Waals surface area contributed by atoms with Crippen LogP contribution in [-0.4, -0.2) is 23.5 Å². The van der Waals surface area contributed by atoms with Gasteiger partial charge in [-0.2, -0.15) is 0 Å². The van der Waals surface area contributed by atoms with Gasteiger partial charge in [0.05, 0.1) is 5.69 Å². The van der Waals surface area contributed by atoms with Crippen molar-refractivity contribution >= 4 is 22.4 Å². The largest absolute Gasteiger partial charge is 0.359 e. The molecule has 2 N–H and O–H groups in total. The summed E-state index contributed by atoms with van der Waals surface area (Å²) in [5.41, 5.74) is 2.12. The van der Waals surface area contributed by atoms with Crippen LogP contribution in [0.2, 0.25) is 0 Å². The van der Waals surface area contributed by atoms with E-state index in [1.54, 1.807) is 0 Å². The van der Waals surface area contributed by atoms with Gasteiger partial charge in [-0.1, -0.05) is 41.7 Å². The Morgan fingerprint density at radius 1 is 1.32 bits per heavy atom. The van der Waals surface area contributed by atoms with Crippen LogP contribution in [-0.2, 0) is 6.42 Å². The fraction of sp³-hybridized carbons (Fsp3) is 0.412. The first-order valence-corrected chi connectivity index (χ1v) is 8.60. The fourth-order valence-electron chi connectivity index (χ4n) is 2.29. The molecule has 2 aromatic rings. The average molecular weight is 315 g/mol. The van der Waals surface area contributed by atoms with Gasteiger partial charge in [0, 0.05) is 12.6 Å². The number of carbonyl (C=O) groups excluding carboxylic acids is 1. The third-order valence-corrected chi connectivity index (χ3v) is 4.77. The molecule has 1 heterocycles. The van der Waals surface area contributed by atoms with Gasteiger partial charge in [0.15, 0.2) is 5.13 Å². The Hall–Kier alpha value is -1.88. The van der Waals surface area contributed by atoms with Gasteiger partial charge in [-0.25, -0.2) is 4.98 Å². The number of nitrogens with one attached hydrogen (secondary N) is 2. The molecule has 116 valence electrons. The minimum Gasteiger partial charge on any atom is -0.359 e. The summed E-state index contributed by atoms with van der Waals surface area (Å²) in [6.07, 6.45) is 4.34. The summed E-state index contributed by atoms with van der Waals surface area (Å²) >= 11 is 1.46. The summed E-state index contributed by atoms with van der Waals surface area (Å²) in [7, 11) is 0. The van der Waals surface area contributed by atoms with Gasteiger partial charge in [0.1, 0.15) is 4.88 Å². The molecule has 0 spiro atoms. The molecule has 0 radical (unpaired) electrons. The molecular weight excluding hydrogens is 294 g/mol. The van der Waals surface area contributed by atoms with E-state index in [0.29, 0.717) is 12.6 Å². The second-order valence-electron chi connectivity index (χ2n) is 5.70. The Kier molecular flexibility index (Phi) is 4.73. The molecule has 0 saturated heterocycles. The molecule has 0 atom stereocenters. The standard InChI is InChI=1S/C17H21N3OS/c1-12-15(22-17(19-12)20-14-9-10-14)16(21)18-11-5-8-13-6-3-2-4-7-13/h2-4,6-7,14H,5,8-11H2,1H3,(H,18,21)(H,19,20). The van der Waals surface area contributed by atoms with Crippen LogP contribution in [0.4, 0.5) is 5.13 Å².